The van der Waals surface area contributed by atoms with Gasteiger partial charge in [-0.15, -0.1) is 0 Å². The first-order valence-electron chi connectivity index (χ1n) is 10.3. The highest BCUT2D eigenvalue weighted by Gasteiger charge is 2.28. The summed E-state index contributed by atoms with van der Waals surface area (Å²) in [5.74, 6) is 0.254. The SMILES string of the molecule is CCC(=O)CCCCCC(C(=O)Nc1cccnc1)N1CC=Nc2ccccc21. The van der Waals surface area contributed by atoms with Gasteiger partial charge in [-0.1, -0.05) is 31.9 Å². The molecule has 2 aromatic rings. The molecule has 0 bridgehead atoms. The van der Waals surface area contributed by atoms with E-state index >= 15 is 0 Å². The van der Waals surface area contributed by atoms with Gasteiger partial charge in [0.05, 0.1) is 29.8 Å². The number of hydrogen-bond acceptors (Lipinski definition) is 5. The van der Waals surface area contributed by atoms with Crippen molar-refractivity contribution in [1.82, 2.24) is 4.98 Å². The number of carbonyl (C=O) groups excluding carboxylic acids is 2. The minimum absolute atomic E-state index is 0.0484. The number of carbonyl (C=O) groups is 2. The van der Waals surface area contributed by atoms with Crippen LogP contribution in [0.1, 0.15) is 45.4 Å². The van der Waals surface area contributed by atoms with Crippen LogP contribution >= 0.6 is 0 Å². The third kappa shape index (κ3) is 5.73. The molecule has 0 spiro atoms. The number of hydrogen-bond donors (Lipinski definition) is 1. The van der Waals surface area contributed by atoms with E-state index in [-0.39, 0.29) is 11.9 Å². The van der Waals surface area contributed by atoms with Crippen molar-refractivity contribution in [3.63, 3.8) is 0 Å². The van der Waals surface area contributed by atoms with E-state index < -0.39 is 0 Å². The zero-order chi connectivity index (χ0) is 20.5. The van der Waals surface area contributed by atoms with Crippen LogP contribution in [0.5, 0.6) is 0 Å². The van der Waals surface area contributed by atoms with Crippen LogP contribution in [0.3, 0.4) is 0 Å². The van der Waals surface area contributed by atoms with Gasteiger partial charge in [-0.25, -0.2) is 0 Å². The Morgan fingerprint density at radius 1 is 1.14 bits per heavy atom. The molecule has 0 aliphatic carbocycles. The quantitative estimate of drug-likeness (QED) is 0.602. The summed E-state index contributed by atoms with van der Waals surface area (Å²) in [7, 11) is 0. The Morgan fingerprint density at radius 2 is 2.00 bits per heavy atom. The highest BCUT2D eigenvalue weighted by molar-refractivity contribution is 5.98. The van der Waals surface area contributed by atoms with E-state index in [0.717, 1.165) is 30.6 Å². The second-order valence-corrected chi connectivity index (χ2v) is 7.19. The Hall–Kier alpha value is -3.02. The fraction of sp³-hybridized carbons (Fsp3) is 0.391. The minimum atomic E-state index is -0.315. The zero-order valence-corrected chi connectivity index (χ0v) is 16.9. The van der Waals surface area contributed by atoms with Gasteiger partial charge in [0.25, 0.3) is 0 Å². The number of fused-ring (bicyclic) bond motifs is 1. The topological polar surface area (TPSA) is 74.7 Å². The van der Waals surface area contributed by atoms with E-state index in [9.17, 15) is 9.59 Å². The van der Waals surface area contributed by atoms with Crippen LogP contribution in [0.25, 0.3) is 0 Å². The molecule has 0 saturated carbocycles. The molecule has 1 aromatic heterocycles. The molecule has 1 aliphatic heterocycles. The van der Waals surface area contributed by atoms with E-state index in [1.54, 1.807) is 18.5 Å². The van der Waals surface area contributed by atoms with Crippen molar-refractivity contribution in [2.45, 2.75) is 51.5 Å². The second-order valence-electron chi connectivity index (χ2n) is 7.19. The first kappa shape index (κ1) is 20.7. The van der Waals surface area contributed by atoms with Gasteiger partial charge in [-0.05, 0) is 37.1 Å². The van der Waals surface area contributed by atoms with Crippen molar-refractivity contribution in [3.8, 4) is 0 Å². The second kappa shape index (κ2) is 10.5. The van der Waals surface area contributed by atoms with Crippen molar-refractivity contribution in [3.05, 3.63) is 48.8 Å². The lowest BCUT2D eigenvalue weighted by molar-refractivity contribution is -0.119. The van der Waals surface area contributed by atoms with Crippen LogP contribution in [0.4, 0.5) is 17.1 Å². The molecule has 1 aromatic carbocycles. The van der Waals surface area contributed by atoms with Gasteiger partial charge in [-0.3, -0.25) is 19.6 Å². The number of unbranched alkanes of at least 4 members (excludes halogenated alkanes) is 2. The first-order chi connectivity index (χ1) is 14.2. The van der Waals surface area contributed by atoms with Gasteiger partial charge in [-0.2, -0.15) is 0 Å². The molecule has 1 aliphatic rings. The largest absolute Gasteiger partial charge is 0.352 e. The molecule has 1 amide bonds. The number of benzene rings is 1. The minimum Gasteiger partial charge on any atom is -0.352 e. The van der Waals surface area contributed by atoms with Crippen LogP contribution in [0.15, 0.2) is 53.8 Å². The van der Waals surface area contributed by atoms with Crippen LogP contribution in [-0.4, -0.2) is 35.5 Å². The monoisotopic (exact) mass is 392 g/mol. The lowest BCUT2D eigenvalue weighted by Gasteiger charge is -2.34. The van der Waals surface area contributed by atoms with Gasteiger partial charge in [0.1, 0.15) is 11.8 Å². The summed E-state index contributed by atoms with van der Waals surface area (Å²) in [5, 5.41) is 3.00. The number of rotatable bonds is 10. The Morgan fingerprint density at radius 3 is 2.79 bits per heavy atom. The third-order valence-corrected chi connectivity index (χ3v) is 5.14. The number of Topliss-reactive ketones (excluding diaryl/α,β-unsaturated/α-hetero) is 1. The van der Waals surface area contributed by atoms with Crippen molar-refractivity contribution in [1.29, 1.82) is 0 Å². The number of nitrogens with one attached hydrogen (secondary N) is 1. The molecule has 1 unspecified atom stereocenters. The predicted molar refractivity (Wildman–Crippen MR) is 117 cm³/mol. The number of para-hydroxylation sites is 2. The summed E-state index contributed by atoms with van der Waals surface area (Å²) >= 11 is 0. The van der Waals surface area contributed by atoms with Gasteiger partial charge in [0.2, 0.25) is 5.91 Å². The molecule has 1 N–H and O–H groups in total. The molecule has 6 heteroatoms. The van der Waals surface area contributed by atoms with Crippen molar-refractivity contribution >= 4 is 35.0 Å². The Labute approximate surface area is 172 Å². The highest BCUT2D eigenvalue weighted by atomic mass is 16.2. The van der Waals surface area contributed by atoms with Crippen molar-refractivity contribution in [2.24, 2.45) is 4.99 Å². The summed E-state index contributed by atoms with van der Waals surface area (Å²) in [6, 6.07) is 11.2. The molecule has 0 saturated heterocycles. The maximum atomic E-state index is 13.2. The Balaban J connectivity index is 1.70. The summed E-state index contributed by atoms with van der Waals surface area (Å²) in [6.07, 6.45) is 9.83. The maximum absolute atomic E-state index is 13.2. The fourth-order valence-electron chi connectivity index (χ4n) is 3.54. The van der Waals surface area contributed by atoms with Crippen LogP contribution < -0.4 is 10.2 Å². The molecule has 0 fully saturated rings. The smallest absolute Gasteiger partial charge is 0.247 e. The van der Waals surface area contributed by atoms with Gasteiger partial charge >= 0.3 is 0 Å². The Kier molecular flexibility index (Phi) is 7.50. The number of amides is 1. The number of pyridine rings is 1. The summed E-state index contributed by atoms with van der Waals surface area (Å²) in [5.41, 5.74) is 2.55. The molecule has 6 nitrogen and oxygen atoms in total. The molecule has 1 atom stereocenters. The lowest BCUT2D eigenvalue weighted by atomic mass is 10.0. The van der Waals surface area contributed by atoms with Crippen LogP contribution in [0, 0.1) is 0 Å². The number of nitrogens with zero attached hydrogens (tertiary/aromatic N) is 3. The molecular formula is C23H28N4O2. The van der Waals surface area contributed by atoms with E-state index in [4.69, 9.17) is 0 Å². The average molecular weight is 393 g/mol. The first-order valence-corrected chi connectivity index (χ1v) is 10.3. The molecule has 2 heterocycles. The Bertz CT molecular complexity index is 851. The predicted octanol–water partition coefficient (Wildman–Crippen LogP) is 4.54. The maximum Gasteiger partial charge on any atom is 0.247 e. The van der Waals surface area contributed by atoms with E-state index in [1.165, 1.54) is 0 Å². The van der Waals surface area contributed by atoms with E-state index in [1.807, 2.05) is 43.5 Å². The van der Waals surface area contributed by atoms with Gasteiger partial charge in [0.15, 0.2) is 0 Å². The summed E-state index contributed by atoms with van der Waals surface area (Å²) < 4.78 is 0. The molecular weight excluding hydrogens is 364 g/mol. The van der Waals surface area contributed by atoms with E-state index in [0.29, 0.717) is 37.3 Å². The van der Waals surface area contributed by atoms with Crippen molar-refractivity contribution < 1.29 is 9.59 Å². The van der Waals surface area contributed by atoms with Gasteiger partial charge < -0.3 is 10.2 Å². The zero-order valence-electron chi connectivity index (χ0n) is 16.9. The number of aromatic nitrogens is 1. The van der Waals surface area contributed by atoms with Gasteiger partial charge in [0, 0.05) is 25.3 Å². The van der Waals surface area contributed by atoms with E-state index in [2.05, 4.69) is 20.2 Å². The summed E-state index contributed by atoms with van der Waals surface area (Å²) in [6.45, 7) is 2.49. The molecule has 3 rings (SSSR count). The average Bonchev–Trinajstić information content (AvgIpc) is 2.76. The number of ketones is 1. The normalized spacial score (nSPS) is 13.6. The molecule has 0 radical (unpaired) electrons. The molecule has 29 heavy (non-hydrogen) atoms. The molecule has 152 valence electrons. The van der Waals surface area contributed by atoms with Crippen LogP contribution in [-0.2, 0) is 9.59 Å². The highest BCUT2D eigenvalue weighted by Crippen LogP contribution is 2.33. The third-order valence-electron chi connectivity index (χ3n) is 5.14. The number of anilines is 2. The number of aliphatic imine (C=N–C) groups is 1. The van der Waals surface area contributed by atoms with Crippen molar-refractivity contribution in [2.75, 3.05) is 16.8 Å². The fourth-order valence-corrected chi connectivity index (χ4v) is 3.54. The lowest BCUT2D eigenvalue weighted by Crippen LogP contribution is -2.46. The van der Waals surface area contributed by atoms with Crippen LogP contribution in [0.2, 0.25) is 0 Å². The summed E-state index contributed by atoms with van der Waals surface area (Å²) in [4.78, 5) is 35.3. The standard InChI is InChI=1S/C23H28N4O2/c1-2-19(28)10-4-3-5-13-22(23(29)26-18-9-8-14-24-17-18)27-16-15-25-20-11-6-7-12-21(20)27/h6-9,11-12,14-15,17,22H,2-5,10,13,16H2,1H3,(H,26,29).